The van der Waals surface area contributed by atoms with Crippen LogP contribution in [0.2, 0.25) is 0 Å². The number of hydrogen-bond acceptors (Lipinski definition) is 2. The highest BCUT2D eigenvalue weighted by Crippen LogP contribution is 2.26. The summed E-state index contributed by atoms with van der Waals surface area (Å²) < 4.78 is 0. The summed E-state index contributed by atoms with van der Waals surface area (Å²) in [5.41, 5.74) is 2.62. The van der Waals surface area contributed by atoms with Gasteiger partial charge in [0.05, 0.1) is 5.56 Å². The van der Waals surface area contributed by atoms with Gasteiger partial charge in [-0.1, -0.05) is 62.4 Å². The van der Waals surface area contributed by atoms with E-state index in [9.17, 15) is 9.90 Å². The molecule has 0 fully saturated rings. The first kappa shape index (κ1) is 18.2. The van der Waals surface area contributed by atoms with E-state index in [1.54, 1.807) is 12.1 Å². The lowest BCUT2D eigenvalue weighted by molar-refractivity contribution is 0.0695. The Bertz CT molecular complexity index is 635. The van der Waals surface area contributed by atoms with Crippen LogP contribution in [0.4, 0.5) is 0 Å². The van der Waals surface area contributed by atoms with Gasteiger partial charge in [-0.25, -0.2) is 4.79 Å². The summed E-state index contributed by atoms with van der Waals surface area (Å²) in [6, 6.07) is 17.8. The monoisotopic (exact) mass is 325 g/mol. The molecule has 1 unspecified atom stereocenters. The predicted molar refractivity (Wildman–Crippen MR) is 98.7 cm³/mol. The zero-order chi connectivity index (χ0) is 17.4. The molecule has 3 heteroatoms. The first-order valence-corrected chi connectivity index (χ1v) is 8.74. The van der Waals surface area contributed by atoms with Crippen molar-refractivity contribution in [2.75, 3.05) is 19.6 Å². The van der Waals surface area contributed by atoms with Gasteiger partial charge in [0, 0.05) is 0 Å². The van der Waals surface area contributed by atoms with Crippen molar-refractivity contribution in [3.8, 4) is 0 Å². The Hall–Kier alpha value is -2.13. The standard InChI is InChI=1S/C21H27NO2/c1-3-22(4-2)15-14-18(17-10-6-5-7-11-17)16-19-12-8-9-13-20(19)21(23)24/h5-13,18H,3-4,14-16H2,1-2H3,(H,23,24). The molecule has 0 amide bonds. The molecule has 0 spiro atoms. The molecular weight excluding hydrogens is 298 g/mol. The van der Waals surface area contributed by atoms with Crippen molar-refractivity contribution in [2.24, 2.45) is 0 Å². The maximum Gasteiger partial charge on any atom is 0.335 e. The molecule has 2 rings (SSSR count). The van der Waals surface area contributed by atoms with E-state index in [2.05, 4.69) is 43.0 Å². The van der Waals surface area contributed by atoms with E-state index in [0.29, 0.717) is 11.5 Å². The summed E-state index contributed by atoms with van der Waals surface area (Å²) in [4.78, 5) is 13.9. The van der Waals surface area contributed by atoms with Crippen molar-refractivity contribution in [1.82, 2.24) is 4.90 Å². The van der Waals surface area contributed by atoms with Gasteiger partial charge in [0.25, 0.3) is 0 Å². The van der Waals surface area contributed by atoms with Crippen LogP contribution in [-0.4, -0.2) is 35.6 Å². The number of carboxylic acid groups (broad SMARTS) is 1. The number of benzene rings is 2. The number of carboxylic acids is 1. The third-order valence-corrected chi connectivity index (χ3v) is 4.67. The molecule has 0 aliphatic rings. The fraction of sp³-hybridized carbons (Fsp3) is 0.381. The number of hydrogen-bond donors (Lipinski definition) is 1. The van der Waals surface area contributed by atoms with Gasteiger partial charge >= 0.3 is 5.97 Å². The molecular formula is C21H27NO2. The predicted octanol–water partition coefficient (Wildman–Crippen LogP) is 4.44. The van der Waals surface area contributed by atoms with Gasteiger partial charge in [-0.2, -0.15) is 0 Å². The fourth-order valence-electron chi connectivity index (χ4n) is 3.16. The number of aromatic carboxylic acids is 1. The lowest BCUT2D eigenvalue weighted by Crippen LogP contribution is -2.25. The summed E-state index contributed by atoms with van der Waals surface area (Å²) >= 11 is 0. The van der Waals surface area contributed by atoms with Crippen LogP contribution in [0.3, 0.4) is 0 Å². The molecule has 0 aliphatic carbocycles. The minimum Gasteiger partial charge on any atom is -0.478 e. The first-order valence-electron chi connectivity index (χ1n) is 8.74. The van der Waals surface area contributed by atoms with Crippen molar-refractivity contribution in [3.05, 3.63) is 71.3 Å². The molecule has 0 saturated heterocycles. The van der Waals surface area contributed by atoms with Crippen molar-refractivity contribution >= 4 is 5.97 Å². The zero-order valence-corrected chi connectivity index (χ0v) is 14.6. The van der Waals surface area contributed by atoms with E-state index < -0.39 is 5.97 Å². The average molecular weight is 325 g/mol. The third-order valence-electron chi connectivity index (χ3n) is 4.67. The number of rotatable bonds is 9. The molecule has 0 heterocycles. The summed E-state index contributed by atoms with van der Waals surface area (Å²) in [5, 5.41) is 9.44. The van der Waals surface area contributed by atoms with Gasteiger partial charge in [-0.15, -0.1) is 0 Å². The smallest absolute Gasteiger partial charge is 0.335 e. The van der Waals surface area contributed by atoms with Crippen LogP contribution in [0.1, 0.15) is 47.7 Å². The van der Waals surface area contributed by atoms with E-state index in [1.807, 2.05) is 18.2 Å². The van der Waals surface area contributed by atoms with E-state index in [1.165, 1.54) is 5.56 Å². The van der Waals surface area contributed by atoms with Gasteiger partial charge in [-0.05, 0) is 55.6 Å². The molecule has 0 aliphatic heterocycles. The third kappa shape index (κ3) is 4.93. The van der Waals surface area contributed by atoms with Crippen LogP contribution in [0.25, 0.3) is 0 Å². The molecule has 0 bridgehead atoms. The molecule has 2 aromatic carbocycles. The quantitative estimate of drug-likeness (QED) is 0.741. The van der Waals surface area contributed by atoms with E-state index in [4.69, 9.17) is 0 Å². The van der Waals surface area contributed by atoms with Gasteiger partial charge in [0.1, 0.15) is 0 Å². The summed E-state index contributed by atoms with van der Waals surface area (Å²) in [6.45, 7) is 7.48. The van der Waals surface area contributed by atoms with E-state index in [0.717, 1.165) is 38.0 Å². The second kappa shape index (κ2) is 9.24. The van der Waals surface area contributed by atoms with E-state index in [-0.39, 0.29) is 0 Å². The summed E-state index contributed by atoms with van der Waals surface area (Å²) in [5.74, 6) is -0.520. The molecule has 24 heavy (non-hydrogen) atoms. The number of carbonyl (C=O) groups is 1. The van der Waals surface area contributed by atoms with Crippen LogP contribution in [0.5, 0.6) is 0 Å². The molecule has 128 valence electrons. The lowest BCUT2D eigenvalue weighted by Gasteiger charge is -2.23. The van der Waals surface area contributed by atoms with Crippen molar-refractivity contribution in [2.45, 2.75) is 32.6 Å². The van der Waals surface area contributed by atoms with Crippen molar-refractivity contribution in [3.63, 3.8) is 0 Å². The van der Waals surface area contributed by atoms with Crippen LogP contribution in [0.15, 0.2) is 54.6 Å². The Morgan fingerprint density at radius 3 is 2.25 bits per heavy atom. The molecule has 1 N–H and O–H groups in total. The number of nitrogens with zero attached hydrogens (tertiary/aromatic N) is 1. The average Bonchev–Trinajstić information content (AvgIpc) is 2.62. The van der Waals surface area contributed by atoms with Crippen molar-refractivity contribution in [1.29, 1.82) is 0 Å². The van der Waals surface area contributed by atoms with Gasteiger partial charge in [0.15, 0.2) is 0 Å². The molecule has 0 saturated carbocycles. The van der Waals surface area contributed by atoms with Gasteiger partial charge in [-0.3, -0.25) is 0 Å². The normalized spacial score (nSPS) is 12.3. The second-order valence-electron chi connectivity index (χ2n) is 6.09. The highest BCUT2D eigenvalue weighted by Gasteiger charge is 2.17. The maximum atomic E-state index is 11.5. The van der Waals surface area contributed by atoms with Crippen molar-refractivity contribution < 1.29 is 9.90 Å². The summed E-state index contributed by atoms with van der Waals surface area (Å²) in [7, 11) is 0. The Morgan fingerprint density at radius 2 is 1.62 bits per heavy atom. The maximum absolute atomic E-state index is 11.5. The van der Waals surface area contributed by atoms with E-state index >= 15 is 0 Å². The summed E-state index contributed by atoms with van der Waals surface area (Å²) in [6.07, 6.45) is 1.79. The molecule has 0 radical (unpaired) electrons. The van der Waals surface area contributed by atoms with Crippen LogP contribution in [0, 0.1) is 0 Å². The fourth-order valence-corrected chi connectivity index (χ4v) is 3.16. The minimum atomic E-state index is -0.846. The minimum absolute atomic E-state index is 0.326. The molecule has 2 aromatic rings. The Kier molecular flexibility index (Phi) is 7.01. The highest BCUT2D eigenvalue weighted by molar-refractivity contribution is 5.89. The largest absolute Gasteiger partial charge is 0.478 e. The lowest BCUT2D eigenvalue weighted by atomic mass is 9.87. The molecule has 0 aromatic heterocycles. The first-order chi connectivity index (χ1) is 11.7. The highest BCUT2D eigenvalue weighted by atomic mass is 16.4. The Labute approximate surface area is 144 Å². The SMILES string of the molecule is CCN(CC)CCC(Cc1ccccc1C(=O)O)c1ccccc1. The topological polar surface area (TPSA) is 40.5 Å². The van der Waals surface area contributed by atoms with Crippen LogP contribution < -0.4 is 0 Å². The van der Waals surface area contributed by atoms with Gasteiger partial charge < -0.3 is 10.0 Å². The van der Waals surface area contributed by atoms with Crippen LogP contribution >= 0.6 is 0 Å². The molecule has 3 nitrogen and oxygen atoms in total. The van der Waals surface area contributed by atoms with Crippen LogP contribution in [-0.2, 0) is 6.42 Å². The Morgan fingerprint density at radius 1 is 1.00 bits per heavy atom. The van der Waals surface area contributed by atoms with Gasteiger partial charge in [0.2, 0.25) is 0 Å². The molecule has 1 atom stereocenters. The second-order valence-corrected chi connectivity index (χ2v) is 6.09. The zero-order valence-electron chi connectivity index (χ0n) is 14.6. The Balaban J connectivity index is 2.22.